The van der Waals surface area contributed by atoms with Crippen LogP contribution in [0.25, 0.3) is 10.9 Å². The Morgan fingerprint density at radius 3 is 2.54 bits per heavy atom. The molecule has 134 valence electrons. The Morgan fingerprint density at radius 1 is 1.04 bits per heavy atom. The van der Waals surface area contributed by atoms with Crippen LogP contribution in [0, 0.1) is 5.82 Å². The van der Waals surface area contributed by atoms with E-state index >= 15 is 0 Å². The van der Waals surface area contributed by atoms with Crippen LogP contribution in [0.3, 0.4) is 0 Å². The second-order valence-electron chi connectivity index (χ2n) is 8.12. The van der Waals surface area contributed by atoms with Crippen LogP contribution >= 0.6 is 0 Å². The molecule has 0 radical (unpaired) electrons. The number of hydrogen-bond donors (Lipinski definition) is 1. The van der Waals surface area contributed by atoms with Gasteiger partial charge >= 0.3 is 0 Å². The third-order valence-electron chi connectivity index (χ3n) is 6.26. The van der Waals surface area contributed by atoms with E-state index in [9.17, 15) is 9.60 Å². The van der Waals surface area contributed by atoms with Crippen LogP contribution < -0.4 is 0 Å². The number of halogens is 1. The molecule has 0 saturated heterocycles. The van der Waals surface area contributed by atoms with Gasteiger partial charge in [-0.25, -0.2) is 4.39 Å². The number of hydroxylamine groups is 2. The molecule has 3 aromatic rings. The fourth-order valence-electron chi connectivity index (χ4n) is 3.94. The largest absolute Gasteiger partial charge is 0.313 e. The third kappa shape index (κ3) is 2.29. The Bertz CT molecular complexity index is 996. The third-order valence-corrected chi connectivity index (χ3v) is 6.26. The van der Waals surface area contributed by atoms with E-state index in [-0.39, 0.29) is 5.82 Å². The SMILES string of the molecule is CC1(C)c2cc(F)ccc2C(c2cnc3ccccc3c2)N(O)C1(C)C. The summed E-state index contributed by atoms with van der Waals surface area (Å²) in [7, 11) is 0. The molecular formula is C22H23FN2O. The van der Waals surface area contributed by atoms with Crippen LogP contribution in [-0.2, 0) is 5.41 Å². The highest BCUT2D eigenvalue weighted by Crippen LogP contribution is 2.51. The first-order valence-electron chi connectivity index (χ1n) is 8.86. The standard InChI is InChI=1S/C22H23FN2O/c1-21(2)18-12-16(23)9-10-17(18)20(25(26)22(21,3)4)15-11-14-7-5-6-8-19(14)24-13-15/h5-13,20,26H,1-4H3. The number of fused-ring (bicyclic) bond motifs is 2. The molecule has 0 saturated carbocycles. The lowest BCUT2D eigenvalue weighted by Gasteiger charge is -2.54. The number of benzene rings is 2. The molecule has 0 bridgehead atoms. The first-order chi connectivity index (χ1) is 12.2. The maximum atomic E-state index is 14.0. The molecular weight excluding hydrogens is 327 g/mol. The topological polar surface area (TPSA) is 36.4 Å². The predicted octanol–water partition coefficient (Wildman–Crippen LogP) is 5.22. The van der Waals surface area contributed by atoms with Crippen molar-refractivity contribution in [2.45, 2.75) is 44.7 Å². The van der Waals surface area contributed by atoms with Crippen molar-refractivity contribution >= 4 is 10.9 Å². The van der Waals surface area contributed by atoms with Crippen molar-refractivity contribution in [2.75, 3.05) is 0 Å². The van der Waals surface area contributed by atoms with Gasteiger partial charge in [-0.3, -0.25) is 4.98 Å². The van der Waals surface area contributed by atoms with Crippen LogP contribution in [0.4, 0.5) is 4.39 Å². The minimum Gasteiger partial charge on any atom is -0.313 e. The smallest absolute Gasteiger partial charge is 0.123 e. The highest BCUT2D eigenvalue weighted by Gasteiger charge is 2.51. The van der Waals surface area contributed by atoms with E-state index in [0.717, 1.165) is 27.6 Å². The zero-order valence-corrected chi connectivity index (χ0v) is 15.5. The van der Waals surface area contributed by atoms with Crippen molar-refractivity contribution in [1.82, 2.24) is 10.0 Å². The van der Waals surface area contributed by atoms with Crippen molar-refractivity contribution in [3.05, 3.63) is 77.2 Å². The van der Waals surface area contributed by atoms with Crippen LogP contribution in [0.5, 0.6) is 0 Å². The number of pyridine rings is 1. The van der Waals surface area contributed by atoms with Gasteiger partial charge < -0.3 is 5.21 Å². The number of para-hydroxylation sites is 1. The molecule has 0 spiro atoms. The molecule has 3 nitrogen and oxygen atoms in total. The van der Waals surface area contributed by atoms with Crippen molar-refractivity contribution in [3.63, 3.8) is 0 Å². The monoisotopic (exact) mass is 350 g/mol. The Morgan fingerprint density at radius 2 is 1.77 bits per heavy atom. The highest BCUT2D eigenvalue weighted by atomic mass is 19.1. The normalized spacial score (nSPS) is 21.5. The second-order valence-corrected chi connectivity index (χ2v) is 8.12. The number of hydrogen-bond acceptors (Lipinski definition) is 3. The summed E-state index contributed by atoms with van der Waals surface area (Å²) in [6.07, 6.45) is 1.80. The molecule has 0 aliphatic carbocycles. The van der Waals surface area contributed by atoms with Gasteiger partial charge in [-0.05, 0) is 54.8 Å². The van der Waals surface area contributed by atoms with Gasteiger partial charge in [-0.15, -0.1) is 0 Å². The summed E-state index contributed by atoms with van der Waals surface area (Å²) in [4.78, 5) is 4.55. The van der Waals surface area contributed by atoms with Gasteiger partial charge in [0.25, 0.3) is 0 Å². The van der Waals surface area contributed by atoms with E-state index in [1.165, 1.54) is 11.1 Å². The van der Waals surface area contributed by atoms with Crippen molar-refractivity contribution in [2.24, 2.45) is 0 Å². The van der Waals surface area contributed by atoms with Gasteiger partial charge in [0.2, 0.25) is 0 Å². The molecule has 2 aromatic carbocycles. The molecule has 4 heteroatoms. The van der Waals surface area contributed by atoms with E-state index < -0.39 is 17.0 Å². The van der Waals surface area contributed by atoms with Crippen molar-refractivity contribution in [1.29, 1.82) is 0 Å². The Balaban J connectivity index is 1.97. The summed E-state index contributed by atoms with van der Waals surface area (Å²) in [5.41, 5.74) is 2.61. The maximum absolute atomic E-state index is 14.0. The lowest BCUT2D eigenvalue weighted by atomic mass is 9.63. The van der Waals surface area contributed by atoms with E-state index in [0.29, 0.717) is 0 Å². The van der Waals surface area contributed by atoms with Crippen LogP contribution in [-0.4, -0.2) is 20.8 Å². The molecule has 2 heterocycles. The zero-order valence-electron chi connectivity index (χ0n) is 15.5. The minimum absolute atomic E-state index is 0.255. The molecule has 0 amide bonds. The molecule has 1 unspecified atom stereocenters. The van der Waals surface area contributed by atoms with Gasteiger partial charge in [0.05, 0.1) is 17.1 Å². The van der Waals surface area contributed by atoms with Gasteiger partial charge in [0.15, 0.2) is 0 Å². The van der Waals surface area contributed by atoms with Gasteiger partial charge in [0.1, 0.15) is 5.82 Å². The average molecular weight is 350 g/mol. The van der Waals surface area contributed by atoms with Crippen molar-refractivity contribution in [3.8, 4) is 0 Å². The van der Waals surface area contributed by atoms with E-state index in [2.05, 4.69) is 11.1 Å². The molecule has 1 aromatic heterocycles. The number of rotatable bonds is 1. The quantitative estimate of drug-likeness (QED) is 0.653. The summed E-state index contributed by atoms with van der Waals surface area (Å²) >= 11 is 0. The summed E-state index contributed by atoms with van der Waals surface area (Å²) < 4.78 is 14.0. The lowest BCUT2D eigenvalue weighted by molar-refractivity contribution is -0.213. The summed E-state index contributed by atoms with van der Waals surface area (Å²) in [6, 6.07) is 14.4. The maximum Gasteiger partial charge on any atom is 0.123 e. The average Bonchev–Trinajstić information content (AvgIpc) is 2.61. The van der Waals surface area contributed by atoms with Crippen LogP contribution in [0.1, 0.15) is 50.4 Å². The molecule has 26 heavy (non-hydrogen) atoms. The highest BCUT2D eigenvalue weighted by molar-refractivity contribution is 5.79. The van der Waals surface area contributed by atoms with Gasteiger partial charge in [0, 0.05) is 17.0 Å². The van der Waals surface area contributed by atoms with Gasteiger partial charge in [-0.1, -0.05) is 38.1 Å². The molecule has 1 N–H and O–H groups in total. The summed E-state index contributed by atoms with van der Waals surface area (Å²) in [5, 5.41) is 13.6. The van der Waals surface area contributed by atoms with E-state index in [1.807, 2.05) is 52.0 Å². The fraction of sp³-hybridized carbons (Fsp3) is 0.318. The zero-order chi connectivity index (χ0) is 18.7. The molecule has 1 aliphatic heterocycles. The van der Waals surface area contributed by atoms with Crippen LogP contribution in [0.2, 0.25) is 0 Å². The first-order valence-corrected chi connectivity index (χ1v) is 8.86. The van der Waals surface area contributed by atoms with Crippen molar-refractivity contribution < 1.29 is 9.60 Å². The second kappa shape index (κ2) is 5.60. The van der Waals surface area contributed by atoms with E-state index in [4.69, 9.17) is 0 Å². The number of nitrogens with zero attached hydrogens (tertiary/aromatic N) is 2. The fourth-order valence-corrected chi connectivity index (χ4v) is 3.94. The van der Waals surface area contributed by atoms with Crippen LogP contribution in [0.15, 0.2) is 54.7 Å². The Hall–Kier alpha value is -2.30. The Kier molecular flexibility index (Phi) is 3.69. The molecule has 1 atom stereocenters. The Labute approximate surface area is 153 Å². The molecule has 1 aliphatic rings. The summed E-state index contributed by atoms with van der Waals surface area (Å²) in [6.45, 7) is 8.07. The minimum atomic E-state index is -0.593. The number of aromatic nitrogens is 1. The molecule has 0 fully saturated rings. The summed E-state index contributed by atoms with van der Waals surface area (Å²) in [5.74, 6) is -0.255. The van der Waals surface area contributed by atoms with Gasteiger partial charge in [-0.2, -0.15) is 5.06 Å². The van der Waals surface area contributed by atoms with E-state index in [1.54, 1.807) is 18.3 Å². The molecule has 4 rings (SSSR count). The first kappa shape index (κ1) is 17.1. The predicted molar refractivity (Wildman–Crippen MR) is 101 cm³/mol. The lowest BCUT2D eigenvalue weighted by Crippen LogP contribution is -2.59.